The number of benzene rings is 1. The Labute approximate surface area is 117 Å². The Bertz CT molecular complexity index is 612. The number of hydrogen-bond acceptors (Lipinski definition) is 3. The summed E-state index contributed by atoms with van der Waals surface area (Å²) >= 11 is 3.20. The fourth-order valence-corrected chi connectivity index (χ4v) is 1.86. The van der Waals surface area contributed by atoms with Gasteiger partial charge >= 0.3 is 0 Å². The summed E-state index contributed by atoms with van der Waals surface area (Å²) in [6.45, 7) is 3.91. The number of aromatic amines is 1. The zero-order valence-corrected chi connectivity index (χ0v) is 12.0. The third-order valence-corrected chi connectivity index (χ3v) is 3.14. The summed E-state index contributed by atoms with van der Waals surface area (Å²) in [5, 5.41) is 9.12. The zero-order valence-electron chi connectivity index (χ0n) is 10.4. The highest BCUT2D eigenvalue weighted by molar-refractivity contribution is 9.10. The largest absolute Gasteiger partial charge is 0.289 e. The van der Waals surface area contributed by atoms with Crippen molar-refractivity contribution in [1.29, 1.82) is 0 Å². The number of halogens is 2. The quantitative estimate of drug-likeness (QED) is 0.910. The second-order valence-electron chi connectivity index (χ2n) is 4.28. The molecule has 0 spiro atoms. The molecule has 0 bridgehead atoms. The maximum atomic E-state index is 13.1. The maximum absolute atomic E-state index is 13.1. The van der Waals surface area contributed by atoms with Gasteiger partial charge in [-0.1, -0.05) is 13.8 Å². The standard InChI is InChI=1S/C12H12BrFN4O/c1-6(2)10-15-12(18-17-10)16-11(19)8-5-7(14)3-4-9(8)13/h3-6H,1-2H3,(H2,15,16,17,18,19). The van der Waals surface area contributed by atoms with E-state index in [-0.39, 0.29) is 17.4 Å². The van der Waals surface area contributed by atoms with Gasteiger partial charge in [0, 0.05) is 10.4 Å². The van der Waals surface area contributed by atoms with Gasteiger partial charge in [-0.2, -0.15) is 4.98 Å². The molecule has 100 valence electrons. The van der Waals surface area contributed by atoms with Gasteiger partial charge in [-0.15, -0.1) is 5.10 Å². The van der Waals surface area contributed by atoms with Crippen LogP contribution < -0.4 is 5.32 Å². The van der Waals surface area contributed by atoms with E-state index in [2.05, 4.69) is 36.4 Å². The Kier molecular flexibility index (Phi) is 3.94. The van der Waals surface area contributed by atoms with E-state index in [9.17, 15) is 9.18 Å². The highest BCUT2D eigenvalue weighted by Crippen LogP contribution is 2.19. The molecule has 0 radical (unpaired) electrons. The van der Waals surface area contributed by atoms with E-state index in [1.165, 1.54) is 12.1 Å². The van der Waals surface area contributed by atoms with E-state index >= 15 is 0 Å². The van der Waals surface area contributed by atoms with E-state index in [0.717, 1.165) is 6.07 Å². The minimum Gasteiger partial charge on any atom is -0.289 e. The third-order valence-electron chi connectivity index (χ3n) is 2.45. The van der Waals surface area contributed by atoms with E-state index < -0.39 is 11.7 Å². The van der Waals surface area contributed by atoms with E-state index in [4.69, 9.17) is 0 Å². The van der Waals surface area contributed by atoms with Crippen LogP contribution in [0.15, 0.2) is 22.7 Å². The monoisotopic (exact) mass is 326 g/mol. The normalized spacial score (nSPS) is 10.8. The van der Waals surface area contributed by atoms with E-state index in [1.54, 1.807) is 0 Å². The van der Waals surface area contributed by atoms with Crippen molar-refractivity contribution < 1.29 is 9.18 Å². The number of carbonyl (C=O) groups excluding carboxylic acids is 1. The number of nitrogens with one attached hydrogen (secondary N) is 2. The van der Waals surface area contributed by atoms with Crippen LogP contribution in [0.1, 0.15) is 35.9 Å². The van der Waals surface area contributed by atoms with Crippen LogP contribution in [0.5, 0.6) is 0 Å². The van der Waals surface area contributed by atoms with Gasteiger partial charge in [-0.05, 0) is 34.1 Å². The predicted molar refractivity (Wildman–Crippen MR) is 72.5 cm³/mol. The molecule has 0 fully saturated rings. The first-order valence-corrected chi connectivity index (χ1v) is 6.45. The minimum absolute atomic E-state index is 0.171. The predicted octanol–water partition coefficient (Wildman–Crippen LogP) is 3.08. The molecule has 1 amide bonds. The fourth-order valence-electron chi connectivity index (χ4n) is 1.43. The molecule has 19 heavy (non-hydrogen) atoms. The van der Waals surface area contributed by atoms with Gasteiger partial charge in [0.15, 0.2) is 0 Å². The van der Waals surface area contributed by atoms with Crippen molar-refractivity contribution in [3.63, 3.8) is 0 Å². The van der Waals surface area contributed by atoms with Crippen molar-refractivity contribution >= 4 is 27.8 Å². The molecule has 0 saturated heterocycles. The lowest BCUT2D eigenvalue weighted by atomic mass is 10.2. The van der Waals surface area contributed by atoms with Crippen LogP contribution in [0, 0.1) is 5.82 Å². The van der Waals surface area contributed by atoms with Crippen LogP contribution >= 0.6 is 15.9 Å². The second-order valence-corrected chi connectivity index (χ2v) is 5.13. The number of H-pyrrole nitrogens is 1. The number of hydrogen-bond donors (Lipinski definition) is 2. The lowest BCUT2D eigenvalue weighted by Gasteiger charge is -2.03. The molecule has 1 aromatic carbocycles. The van der Waals surface area contributed by atoms with Crippen molar-refractivity contribution in [3.05, 3.63) is 39.9 Å². The maximum Gasteiger partial charge on any atom is 0.259 e. The molecule has 0 aliphatic rings. The molecule has 1 aromatic heterocycles. The van der Waals surface area contributed by atoms with E-state index in [1.807, 2.05) is 13.8 Å². The fraction of sp³-hybridized carbons (Fsp3) is 0.250. The summed E-state index contributed by atoms with van der Waals surface area (Å²) in [6.07, 6.45) is 0. The van der Waals surface area contributed by atoms with Gasteiger partial charge in [0.2, 0.25) is 5.95 Å². The van der Waals surface area contributed by atoms with Crippen LogP contribution in [-0.2, 0) is 0 Å². The number of rotatable bonds is 3. The molecule has 2 aromatic rings. The van der Waals surface area contributed by atoms with Gasteiger partial charge in [-0.25, -0.2) is 4.39 Å². The summed E-state index contributed by atoms with van der Waals surface area (Å²) in [4.78, 5) is 16.1. The number of nitrogens with zero attached hydrogens (tertiary/aromatic N) is 2. The van der Waals surface area contributed by atoms with Crippen LogP contribution in [-0.4, -0.2) is 21.1 Å². The van der Waals surface area contributed by atoms with Gasteiger partial charge in [0.1, 0.15) is 11.6 Å². The van der Waals surface area contributed by atoms with Crippen molar-refractivity contribution in [2.45, 2.75) is 19.8 Å². The van der Waals surface area contributed by atoms with Crippen LogP contribution in [0.4, 0.5) is 10.3 Å². The number of aromatic nitrogens is 3. The topological polar surface area (TPSA) is 70.7 Å². The zero-order chi connectivity index (χ0) is 14.0. The van der Waals surface area contributed by atoms with Crippen molar-refractivity contribution in [3.8, 4) is 0 Å². The van der Waals surface area contributed by atoms with Crippen molar-refractivity contribution in [1.82, 2.24) is 15.2 Å². The summed E-state index contributed by atoms with van der Waals surface area (Å²) < 4.78 is 13.6. The second kappa shape index (κ2) is 5.48. The van der Waals surface area contributed by atoms with Crippen molar-refractivity contribution in [2.24, 2.45) is 0 Å². The van der Waals surface area contributed by atoms with Crippen LogP contribution in [0.25, 0.3) is 0 Å². The molecule has 0 aliphatic heterocycles. The molecule has 2 N–H and O–H groups in total. The third kappa shape index (κ3) is 3.17. The Morgan fingerprint density at radius 2 is 2.21 bits per heavy atom. The summed E-state index contributed by atoms with van der Waals surface area (Å²) in [7, 11) is 0. The van der Waals surface area contributed by atoms with Crippen molar-refractivity contribution in [2.75, 3.05) is 5.32 Å². The summed E-state index contributed by atoms with van der Waals surface area (Å²) in [5.74, 6) is 0.0735. The molecule has 0 saturated carbocycles. The smallest absolute Gasteiger partial charge is 0.259 e. The molecule has 1 heterocycles. The number of anilines is 1. The van der Waals surface area contributed by atoms with Gasteiger partial charge in [0.25, 0.3) is 5.91 Å². The number of carbonyl (C=O) groups is 1. The highest BCUT2D eigenvalue weighted by Gasteiger charge is 2.14. The molecule has 0 unspecified atom stereocenters. The Morgan fingerprint density at radius 3 is 2.84 bits per heavy atom. The lowest BCUT2D eigenvalue weighted by molar-refractivity contribution is 0.102. The number of amides is 1. The molecular weight excluding hydrogens is 315 g/mol. The van der Waals surface area contributed by atoms with Gasteiger partial charge < -0.3 is 0 Å². The molecule has 0 aliphatic carbocycles. The summed E-state index contributed by atoms with van der Waals surface area (Å²) in [5.41, 5.74) is 0.191. The molecule has 2 rings (SSSR count). The van der Waals surface area contributed by atoms with Crippen LogP contribution in [0.3, 0.4) is 0 Å². The molecule has 7 heteroatoms. The Hall–Kier alpha value is -1.76. The average molecular weight is 327 g/mol. The molecular formula is C12H12BrFN4O. The van der Waals surface area contributed by atoms with Gasteiger partial charge in [-0.3, -0.25) is 15.2 Å². The molecule has 0 atom stereocenters. The Balaban J connectivity index is 2.18. The van der Waals surface area contributed by atoms with Crippen LogP contribution in [0.2, 0.25) is 0 Å². The first kappa shape index (κ1) is 13.7. The van der Waals surface area contributed by atoms with E-state index in [0.29, 0.717) is 10.3 Å². The highest BCUT2D eigenvalue weighted by atomic mass is 79.9. The average Bonchev–Trinajstić information content (AvgIpc) is 2.80. The lowest BCUT2D eigenvalue weighted by Crippen LogP contribution is -2.14. The minimum atomic E-state index is -0.480. The first-order chi connectivity index (χ1) is 8.97. The summed E-state index contributed by atoms with van der Waals surface area (Å²) in [6, 6.07) is 3.89. The SMILES string of the molecule is CC(C)c1nc(NC(=O)c2cc(F)ccc2Br)n[nH]1. The van der Waals surface area contributed by atoms with Gasteiger partial charge in [0.05, 0.1) is 5.56 Å². The molecule has 5 nitrogen and oxygen atoms in total. The first-order valence-electron chi connectivity index (χ1n) is 5.66. The Morgan fingerprint density at radius 1 is 1.47 bits per heavy atom.